The van der Waals surface area contributed by atoms with Crippen molar-refractivity contribution in [2.45, 2.75) is 56.9 Å². The molecule has 0 bridgehead atoms. The second kappa shape index (κ2) is 6.46. The van der Waals surface area contributed by atoms with Crippen molar-refractivity contribution in [3.63, 3.8) is 0 Å². The SMILES string of the molecule is O=C1CCC(Nc2ccc(C3CCCCC3)c(F)c2)C(=O)N1. The maximum absolute atomic E-state index is 14.4. The van der Waals surface area contributed by atoms with E-state index in [1.807, 2.05) is 12.1 Å². The van der Waals surface area contributed by atoms with Gasteiger partial charge in [-0.3, -0.25) is 14.9 Å². The van der Waals surface area contributed by atoms with Crippen LogP contribution in [0.5, 0.6) is 0 Å². The number of carbonyl (C=O) groups excluding carboxylic acids is 2. The Morgan fingerprint density at radius 2 is 1.86 bits per heavy atom. The Kier molecular flexibility index (Phi) is 4.41. The number of hydrogen-bond donors (Lipinski definition) is 2. The standard InChI is InChI=1S/C17H21FN2O2/c18-14-10-12(19-15-8-9-16(21)20-17(15)22)6-7-13(14)11-4-2-1-3-5-11/h6-7,10-11,15,19H,1-5,8-9H2,(H,20,21,22). The molecule has 2 aliphatic rings. The van der Waals surface area contributed by atoms with Gasteiger partial charge in [0.1, 0.15) is 11.9 Å². The van der Waals surface area contributed by atoms with Crippen LogP contribution in [0.15, 0.2) is 18.2 Å². The van der Waals surface area contributed by atoms with Crippen molar-refractivity contribution in [2.24, 2.45) is 0 Å². The molecule has 2 fully saturated rings. The third-order valence-corrected chi connectivity index (χ3v) is 4.63. The van der Waals surface area contributed by atoms with Gasteiger partial charge in [0.25, 0.3) is 0 Å². The molecule has 1 atom stereocenters. The number of imide groups is 1. The lowest BCUT2D eigenvalue weighted by atomic mass is 9.84. The Morgan fingerprint density at radius 3 is 2.55 bits per heavy atom. The molecule has 0 spiro atoms. The average Bonchev–Trinajstić information content (AvgIpc) is 2.51. The summed E-state index contributed by atoms with van der Waals surface area (Å²) in [7, 11) is 0. The molecule has 0 aromatic heterocycles. The predicted molar refractivity (Wildman–Crippen MR) is 82.0 cm³/mol. The summed E-state index contributed by atoms with van der Waals surface area (Å²) in [5.74, 6) is -0.475. The van der Waals surface area contributed by atoms with Crippen molar-refractivity contribution in [1.82, 2.24) is 5.32 Å². The number of piperidine rings is 1. The van der Waals surface area contributed by atoms with E-state index in [1.165, 1.54) is 25.3 Å². The molecule has 1 heterocycles. The van der Waals surface area contributed by atoms with Crippen molar-refractivity contribution in [3.05, 3.63) is 29.6 Å². The summed E-state index contributed by atoms with van der Waals surface area (Å²) in [6.45, 7) is 0. The molecule has 1 aromatic rings. The number of halogens is 1. The summed E-state index contributed by atoms with van der Waals surface area (Å²) in [4.78, 5) is 22.8. The molecular weight excluding hydrogens is 283 g/mol. The van der Waals surface area contributed by atoms with Gasteiger partial charge < -0.3 is 5.32 Å². The highest BCUT2D eigenvalue weighted by atomic mass is 19.1. The van der Waals surface area contributed by atoms with Crippen LogP contribution in [0.2, 0.25) is 0 Å². The number of benzene rings is 1. The van der Waals surface area contributed by atoms with Crippen molar-refractivity contribution in [3.8, 4) is 0 Å². The highest BCUT2D eigenvalue weighted by molar-refractivity contribution is 6.01. The minimum atomic E-state index is -0.474. The second-order valence-corrected chi connectivity index (χ2v) is 6.22. The van der Waals surface area contributed by atoms with E-state index in [0.717, 1.165) is 18.4 Å². The third-order valence-electron chi connectivity index (χ3n) is 4.63. The first-order chi connectivity index (χ1) is 10.6. The highest BCUT2D eigenvalue weighted by Gasteiger charge is 2.26. The molecule has 22 heavy (non-hydrogen) atoms. The first-order valence-corrected chi connectivity index (χ1v) is 8.03. The van der Waals surface area contributed by atoms with E-state index >= 15 is 0 Å². The summed E-state index contributed by atoms with van der Waals surface area (Å²) < 4.78 is 14.4. The molecule has 1 saturated carbocycles. The van der Waals surface area contributed by atoms with Gasteiger partial charge in [0.15, 0.2) is 0 Å². The fourth-order valence-corrected chi connectivity index (χ4v) is 3.39. The van der Waals surface area contributed by atoms with Gasteiger partial charge in [0, 0.05) is 12.1 Å². The Morgan fingerprint density at radius 1 is 1.09 bits per heavy atom. The van der Waals surface area contributed by atoms with E-state index in [2.05, 4.69) is 10.6 Å². The van der Waals surface area contributed by atoms with Crippen LogP contribution in [0.1, 0.15) is 56.4 Å². The van der Waals surface area contributed by atoms with Gasteiger partial charge in [-0.2, -0.15) is 0 Å². The number of rotatable bonds is 3. The largest absolute Gasteiger partial charge is 0.374 e. The maximum Gasteiger partial charge on any atom is 0.249 e. The minimum Gasteiger partial charge on any atom is -0.374 e. The zero-order valence-corrected chi connectivity index (χ0v) is 12.5. The van der Waals surface area contributed by atoms with Crippen molar-refractivity contribution in [1.29, 1.82) is 0 Å². The lowest BCUT2D eigenvalue weighted by molar-refractivity contribution is -0.133. The van der Waals surface area contributed by atoms with E-state index in [-0.39, 0.29) is 17.6 Å². The summed E-state index contributed by atoms with van der Waals surface area (Å²) in [5.41, 5.74) is 1.38. The van der Waals surface area contributed by atoms with E-state index in [1.54, 1.807) is 0 Å². The van der Waals surface area contributed by atoms with Crippen LogP contribution >= 0.6 is 0 Å². The number of anilines is 1. The first-order valence-electron chi connectivity index (χ1n) is 8.03. The number of hydrogen-bond acceptors (Lipinski definition) is 3. The van der Waals surface area contributed by atoms with Crippen LogP contribution in [-0.4, -0.2) is 17.9 Å². The second-order valence-electron chi connectivity index (χ2n) is 6.22. The predicted octanol–water partition coefficient (Wildman–Crippen LogP) is 3.09. The highest BCUT2D eigenvalue weighted by Crippen LogP contribution is 2.34. The molecule has 1 unspecified atom stereocenters. The monoisotopic (exact) mass is 304 g/mol. The Balaban J connectivity index is 1.69. The Hall–Kier alpha value is -1.91. The van der Waals surface area contributed by atoms with Gasteiger partial charge in [-0.1, -0.05) is 25.3 Å². The number of nitrogens with one attached hydrogen (secondary N) is 2. The molecule has 1 aromatic carbocycles. The Bertz CT molecular complexity index is 582. The molecule has 2 amide bonds. The van der Waals surface area contributed by atoms with E-state index in [0.29, 0.717) is 24.4 Å². The van der Waals surface area contributed by atoms with E-state index < -0.39 is 6.04 Å². The van der Waals surface area contributed by atoms with Gasteiger partial charge in [-0.25, -0.2) is 4.39 Å². The summed E-state index contributed by atoms with van der Waals surface area (Å²) in [6, 6.07) is 4.65. The molecule has 4 nitrogen and oxygen atoms in total. The van der Waals surface area contributed by atoms with Crippen molar-refractivity contribution >= 4 is 17.5 Å². The summed E-state index contributed by atoms with van der Waals surface area (Å²) >= 11 is 0. The quantitative estimate of drug-likeness (QED) is 0.844. The van der Waals surface area contributed by atoms with Gasteiger partial charge in [0.2, 0.25) is 11.8 Å². The Labute approximate surface area is 129 Å². The third kappa shape index (κ3) is 3.29. The molecule has 118 valence electrons. The van der Waals surface area contributed by atoms with Gasteiger partial charge in [0.05, 0.1) is 0 Å². The lowest BCUT2D eigenvalue weighted by Gasteiger charge is -2.25. The smallest absolute Gasteiger partial charge is 0.249 e. The molecule has 1 saturated heterocycles. The zero-order valence-electron chi connectivity index (χ0n) is 12.5. The molecule has 3 rings (SSSR count). The van der Waals surface area contributed by atoms with Crippen LogP contribution in [0.25, 0.3) is 0 Å². The zero-order chi connectivity index (χ0) is 15.5. The maximum atomic E-state index is 14.4. The van der Waals surface area contributed by atoms with Crippen LogP contribution in [0.4, 0.5) is 10.1 Å². The van der Waals surface area contributed by atoms with Crippen LogP contribution < -0.4 is 10.6 Å². The summed E-state index contributed by atoms with van der Waals surface area (Å²) in [5, 5.41) is 5.31. The van der Waals surface area contributed by atoms with E-state index in [4.69, 9.17) is 0 Å². The molecule has 1 aliphatic heterocycles. The van der Waals surface area contributed by atoms with Crippen LogP contribution in [-0.2, 0) is 9.59 Å². The fourth-order valence-electron chi connectivity index (χ4n) is 3.39. The van der Waals surface area contributed by atoms with Crippen LogP contribution in [0.3, 0.4) is 0 Å². The van der Waals surface area contributed by atoms with Crippen LogP contribution in [0, 0.1) is 5.82 Å². The average molecular weight is 304 g/mol. The fraction of sp³-hybridized carbons (Fsp3) is 0.529. The number of carbonyl (C=O) groups is 2. The van der Waals surface area contributed by atoms with E-state index in [9.17, 15) is 14.0 Å². The van der Waals surface area contributed by atoms with Crippen molar-refractivity contribution < 1.29 is 14.0 Å². The summed E-state index contributed by atoms with van der Waals surface area (Å²) in [6.07, 6.45) is 6.43. The molecule has 5 heteroatoms. The molecule has 2 N–H and O–H groups in total. The minimum absolute atomic E-state index is 0.204. The normalized spacial score (nSPS) is 23.2. The molecule has 0 radical (unpaired) electrons. The lowest BCUT2D eigenvalue weighted by Crippen LogP contribution is -2.47. The van der Waals surface area contributed by atoms with Gasteiger partial charge in [-0.05, 0) is 42.9 Å². The molecular formula is C17H21FN2O2. The molecule has 1 aliphatic carbocycles. The first kappa shape index (κ1) is 15.0. The van der Waals surface area contributed by atoms with Gasteiger partial charge >= 0.3 is 0 Å². The van der Waals surface area contributed by atoms with Crippen molar-refractivity contribution in [2.75, 3.05) is 5.32 Å². The van der Waals surface area contributed by atoms with Gasteiger partial charge in [-0.15, -0.1) is 0 Å². The topological polar surface area (TPSA) is 58.2 Å². The number of amides is 2.